The highest BCUT2D eigenvalue weighted by molar-refractivity contribution is 5.98. The minimum absolute atomic E-state index is 0.000961. The van der Waals surface area contributed by atoms with Gasteiger partial charge in [-0.05, 0) is 73.6 Å². The number of hydrogen-bond donors (Lipinski definition) is 3. The van der Waals surface area contributed by atoms with Gasteiger partial charge in [-0.2, -0.15) is 0 Å². The second kappa shape index (κ2) is 17.8. The van der Waals surface area contributed by atoms with Gasteiger partial charge in [0.15, 0.2) is 0 Å². The molecule has 3 N–H and O–H groups in total. The molecule has 1 aliphatic carbocycles. The molecule has 0 bridgehead atoms. The minimum Gasteiger partial charge on any atom is -0.449 e. The Morgan fingerprint density at radius 3 is 1.81 bits per heavy atom. The second-order valence-electron chi connectivity index (χ2n) is 14.5. The molecule has 0 aromatic heterocycles. The number of likely N-dealkylation sites (N-methyl/N-ethyl adjacent to an activating group) is 2. The van der Waals surface area contributed by atoms with Crippen molar-refractivity contribution in [3.63, 3.8) is 0 Å². The first-order chi connectivity index (χ1) is 25.0. The molecule has 13 heteroatoms. The number of benzene rings is 3. The molecule has 13 nitrogen and oxygen atoms in total. The lowest BCUT2D eigenvalue weighted by molar-refractivity contribution is -0.128. The molecule has 0 fully saturated rings. The van der Waals surface area contributed by atoms with Crippen LogP contribution in [0.25, 0.3) is 11.1 Å². The van der Waals surface area contributed by atoms with E-state index in [1.54, 1.807) is 79.9 Å². The zero-order valence-corrected chi connectivity index (χ0v) is 31.7. The van der Waals surface area contributed by atoms with Crippen LogP contribution in [-0.2, 0) is 30.4 Å². The van der Waals surface area contributed by atoms with Crippen molar-refractivity contribution in [2.24, 2.45) is 5.92 Å². The molecule has 0 aliphatic heterocycles. The molecule has 0 unspecified atom stereocenters. The Bertz CT molecular complexity index is 1730. The predicted molar refractivity (Wildman–Crippen MR) is 201 cm³/mol. The van der Waals surface area contributed by atoms with E-state index in [1.807, 2.05) is 36.4 Å². The van der Waals surface area contributed by atoms with Gasteiger partial charge in [-0.25, -0.2) is 14.4 Å². The second-order valence-corrected chi connectivity index (χ2v) is 14.5. The number of hydrogen-bond acceptors (Lipinski definition) is 8. The quantitative estimate of drug-likeness (QED) is 0.178. The maximum Gasteiger partial charge on any atom is 0.410 e. The molecule has 1 aliphatic rings. The molecular formula is C40H51N5O8. The summed E-state index contributed by atoms with van der Waals surface area (Å²) in [5.41, 5.74) is 4.95. The van der Waals surface area contributed by atoms with Crippen LogP contribution >= 0.6 is 0 Å². The fraction of sp³-hybridized carbons (Fsp3) is 0.425. The van der Waals surface area contributed by atoms with Crippen molar-refractivity contribution in [2.75, 3.05) is 39.1 Å². The van der Waals surface area contributed by atoms with Gasteiger partial charge in [0.2, 0.25) is 11.8 Å². The van der Waals surface area contributed by atoms with Crippen molar-refractivity contribution in [1.82, 2.24) is 20.4 Å². The molecule has 5 amide bonds. The van der Waals surface area contributed by atoms with Crippen molar-refractivity contribution in [1.29, 1.82) is 0 Å². The Morgan fingerprint density at radius 2 is 1.26 bits per heavy atom. The van der Waals surface area contributed by atoms with Gasteiger partial charge < -0.3 is 40.0 Å². The number of carbonyl (C=O) groups excluding carboxylic acids is 5. The predicted octanol–water partition coefficient (Wildman–Crippen LogP) is 6.13. The topological polar surface area (TPSA) is 156 Å². The number of alkyl carbamates (subject to hydrolysis) is 1. The van der Waals surface area contributed by atoms with Crippen LogP contribution in [0.15, 0.2) is 72.8 Å². The molecule has 53 heavy (non-hydrogen) atoms. The Labute approximate surface area is 311 Å². The lowest BCUT2D eigenvalue weighted by Gasteiger charge is -2.26. The van der Waals surface area contributed by atoms with E-state index < -0.39 is 47.8 Å². The first kappa shape index (κ1) is 40.2. The number of anilines is 1. The molecular weight excluding hydrogens is 678 g/mol. The fourth-order valence-electron chi connectivity index (χ4n) is 5.68. The molecule has 3 aromatic rings. The van der Waals surface area contributed by atoms with Gasteiger partial charge in [-0.15, -0.1) is 0 Å². The van der Waals surface area contributed by atoms with Crippen molar-refractivity contribution in [2.45, 2.75) is 71.8 Å². The van der Waals surface area contributed by atoms with Crippen LogP contribution in [0.5, 0.6) is 0 Å². The van der Waals surface area contributed by atoms with Gasteiger partial charge in [0.25, 0.3) is 0 Å². The summed E-state index contributed by atoms with van der Waals surface area (Å²) in [5, 5.41) is 8.12. The number of amides is 5. The molecule has 0 saturated carbocycles. The fourth-order valence-corrected chi connectivity index (χ4v) is 5.68. The molecule has 0 spiro atoms. The molecule has 0 saturated heterocycles. The van der Waals surface area contributed by atoms with Crippen LogP contribution in [0, 0.1) is 5.92 Å². The lowest BCUT2D eigenvalue weighted by Crippen LogP contribution is -2.53. The highest BCUT2D eigenvalue weighted by Gasteiger charge is 2.31. The van der Waals surface area contributed by atoms with E-state index in [9.17, 15) is 24.0 Å². The Hall–Kier alpha value is -5.59. The van der Waals surface area contributed by atoms with Gasteiger partial charge >= 0.3 is 18.3 Å². The van der Waals surface area contributed by atoms with Gasteiger partial charge in [0, 0.05) is 38.8 Å². The standard InChI is InChI=1S/C40H51N5O8/c1-25(2)34(43-37(48)51-24-33-31-15-11-9-13-29(31)30-14-10-12-16-32(30)33)36(47)41-26(3)35(46)42-28-19-17-27(18-20-28)23-52-38(49)44(7)21-22-45(8)39(50)53-40(4,5)6/h9-20,25-26,33-34H,21-24H2,1-8H3,(H,41,47)(H,42,46)(H,43,48)/t26-,34-/m0/s1. The molecule has 0 radical (unpaired) electrons. The van der Waals surface area contributed by atoms with Gasteiger partial charge in [0.1, 0.15) is 30.9 Å². The normalized spacial score (nSPS) is 13.2. The van der Waals surface area contributed by atoms with Gasteiger partial charge in [-0.1, -0.05) is 74.5 Å². The zero-order chi connectivity index (χ0) is 38.9. The van der Waals surface area contributed by atoms with Crippen LogP contribution in [0.1, 0.15) is 64.2 Å². The maximum absolute atomic E-state index is 13.2. The van der Waals surface area contributed by atoms with Crippen molar-refractivity contribution < 1.29 is 38.2 Å². The van der Waals surface area contributed by atoms with E-state index in [0.29, 0.717) is 11.3 Å². The van der Waals surface area contributed by atoms with E-state index >= 15 is 0 Å². The van der Waals surface area contributed by atoms with Crippen LogP contribution in [0.2, 0.25) is 0 Å². The van der Waals surface area contributed by atoms with E-state index in [0.717, 1.165) is 22.3 Å². The first-order valence-corrected chi connectivity index (χ1v) is 17.7. The monoisotopic (exact) mass is 729 g/mol. The summed E-state index contributed by atoms with van der Waals surface area (Å²) in [6.07, 6.45) is -1.76. The maximum atomic E-state index is 13.2. The number of carbonyl (C=O) groups is 5. The summed E-state index contributed by atoms with van der Waals surface area (Å²) in [6.45, 7) is 11.1. The molecule has 3 aromatic carbocycles. The molecule has 284 valence electrons. The van der Waals surface area contributed by atoms with E-state index in [2.05, 4.69) is 28.1 Å². The van der Waals surface area contributed by atoms with Crippen LogP contribution in [0.3, 0.4) is 0 Å². The van der Waals surface area contributed by atoms with E-state index in [-0.39, 0.29) is 38.1 Å². The summed E-state index contributed by atoms with van der Waals surface area (Å²) >= 11 is 0. The summed E-state index contributed by atoms with van der Waals surface area (Å²) in [7, 11) is 3.17. The average molecular weight is 730 g/mol. The molecule has 0 heterocycles. The summed E-state index contributed by atoms with van der Waals surface area (Å²) in [6, 6.07) is 20.9. The lowest BCUT2D eigenvalue weighted by atomic mass is 9.98. The summed E-state index contributed by atoms with van der Waals surface area (Å²) in [4.78, 5) is 66.5. The number of nitrogens with zero attached hydrogens (tertiary/aromatic N) is 2. The number of ether oxygens (including phenoxy) is 3. The average Bonchev–Trinajstić information content (AvgIpc) is 3.43. The number of rotatable bonds is 13. The van der Waals surface area contributed by atoms with Gasteiger partial charge in [0.05, 0.1) is 0 Å². The Kier molecular flexibility index (Phi) is 13.5. The largest absolute Gasteiger partial charge is 0.449 e. The molecule has 4 rings (SSSR count). The smallest absolute Gasteiger partial charge is 0.410 e. The Balaban J connectivity index is 1.21. The zero-order valence-electron chi connectivity index (χ0n) is 31.7. The molecule has 2 atom stereocenters. The van der Waals surface area contributed by atoms with Crippen LogP contribution in [-0.4, -0.2) is 91.4 Å². The SMILES string of the molecule is CC(C)[C@H](NC(=O)OCC1c2ccccc2-c2ccccc21)C(=O)N[C@@H](C)C(=O)Nc1ccc(COC(=O)N(C)CCN(C)C(=O)OC(C)(C)C)cc1. The summed E-state index contributed by atoms with van der Waals surface area (Å²) in [5.74, 6) is -1.38. The highest BCUT2D eigenvalue weighted by atomic mass is 16.6. The third kappa shape index (κ3) is 11.2. The third-order valence-corrected chi connectivity index (χ3v) is 8.69. The summed E-state index contributed by atoms with van der Waals surface area (Å²) < 4.78 is 16.3. The van der Waals surface area contributed by atoms with Crippen LogP contribution < -0.4 is 16.0 Å². The van der Waals surface area contributed by atoms with Crippen molar-refractivity contribution >= 4 is 35.8 Å². The van der Waals surface area contributed by atoms with E-state index in [4.69, 9.17) is 14.2 Å². The minimum atomic E-state index is -0.937. The van der Waals surface area contributed by atoms with Crippen molar-refractivity contribution in [3.05, 3.63) is 89.5 Å². The first-order valence-electron chi connectivity index (χ1n) is 17.7. The number of nitrogens with one attached hydrogen (secondary N) is 3. The van der Waals surface area contributed by atoms with Crippen molar-refractivity contribution in [3.8, 4) is 11.1 Å². The third-order valence-electron chi connectivity index (χ3n) is 8.69. The van der Waals surface area contributed by atoms with Crippen LogP contribution in [0.4, 0.5) is 20.1 Å². The Morgan fingerprint density at radius 1 is 0.717 bits per heavy atom. The highest BCUT2D eigenvalue weighted by Crippen LogP contribution is 2.44. The van der Waals surface area contributed by atoms with Gasteiger partial charge in [-0.3, -0.25) is 9.59 Å². The number of fused-ring (bicyclic) bond motifs is 3. The van der Waals surface area contributed by atoms with E-state index in [1.165, 1.54) is 9.80 Å².